The van der Waals surface area contributed by atoms with Crippen molar-refractivity contribution in [2.75, 3.05) is 5.32 Å². The Morgan fingerprint density at radius 3 is 2.86 bits per heavy atom. The third-order valence-corrected chi connectivity index (χ3v) is 3.94. The summed E-state index contributed by atoms with van der Waals surface area (Å²) in [5.74, 6) is -0.00803. The number of fused-ring (bicyclic) bond motifs is 1. The Labute approximate surface area is 131 Å². The molecule has 3 rings (SSSR count). The first-order chi connectivity index (χ1) is 10.1. The zero-order valence-corrected chi connectivity index (χ0v) is 13.2. The minimum atomic E-state index is -0.00803. The second kappa shape index (κ2) is 5.74. The average molecular weight is 343 g/mol. The maximum atomic E-state index is 12.2. The van der Waals surface area contributed by atoms with Crippen LogP contribution in [0.5, 0.6) is 0 Å². The number of carbonyl (C=O) groups excluding carboxylic acids is 1. The highest BCUT2D eigenvalue weighted by Gasteiger charge is 2.07. The van der Waals surface area contributed by atoms with Gasteiger partial charge in [-0.15, -0.1) is 0 Å². The highest BCUT2D eigenvalue weighted by atomic mass is 79.9. The van der Waals surface area contributed by atoms with Gasteiger partial charge in [0, 0.05) is 21.9 Å². The van der Waals surface area contributed by atoms with E-state index >= 15 is 0 Å². The predicted molar refractivity (Wildman–Crippen MR) is 89.5 cm³/mol. The van der Waals surface area contributed by atoms with Gasteiger partial charge in [-0.2, -0.15) is 0 Å². The Bertz CT molecular complexity index is 807. The molecule has 0 saturated heterocycles. The zero-order chi connectivity index (χ0) is 14.8. The van der Waals surface area contributed by atoms with Crippen LogP contribution in [-0.4, -0.2) is 10.9 Å². The van der Waals surface area contributed by atoms with Gasteiger partial charge in [0.15, 0.2) is 0 Å². The SMILES string of the molecule is Cc1cc(Br)ccc1NC(=O)Cc1ccc2cc[nH]c2c1. The summed E-state index contributed by atoms with van der Waals surface area (Å²) in [6.07, 6.45) is 2.27. The van der Waals surface area contributed by atoms with Crippen LogP contribution in [0.1, 0.15) is 11.1 Å². The van der Waals surface area contributed by atoms with Gasteiger partial charge in [-0.1, -0.05) is 28.1 Å². The van der Waals surface area contributed by atoms with E-state index in [4.69, 9.17) is 0 Å². The minimum absolute atomic E-state index is 0.00803. The number of aryl methyl sites for hydroxylation is 1. The summed E-state index contributed by atoms with van der Waals surface area (Å²) >= 11 is 3.42. The highest BCUT2D eigenvalue weighted by molar-refractivity contribution is 9.10. The number of amides is 1. The van der Waals surface area contributed by atoms with Crippen molar-refractivity contribution in [3.05, 3.63) is 64.3 Å². The Morgan fingerprint density at radius 1 is 1.19 bits per heavy atom. The summed E-state index contributed by atoms with van der Waals surface area (Å²) in [6.45, 7) is 1.98. The van der Waals surface area contributed by atoms with Crippen LogP contribution in [-0.2, 0) is 11.2 Å². The topological polar surface area (TPSA) is 44.9 Å². The molecule has 0 atom stereocenters. The summed E-state index contributed by atoms with van der Waals surface area (Å²) in [7, 11) is 0. The molecule has 0 unspecified atom stereocenters. The second-order valence-corrected chi connectivity index (χ2v) is 6.00. The Kier molecular flexibility index (Phi) is 3.80. The largest absolute Gasteiger partial charge is 0.361 e. The number of benzene rings is 2. The predicted octanol–water partition coefficient (Wildman–Crippen LogP) is 4.42. The Morgan fingerprint density at radius 2 is 2.05 bits per heavy atom. The van der Waals surface area contributed by atoms with Gasteiger partial charge >= 0.3 is 0 Å². The number of hydrogen-bond donors (Lipinski definition) is 2. The van der Waals surface area contributed by atoms with Gasteiger partial charge in [0.1, 0.15) is 0 Å². The van der Waals surface area contributed by atoms with Gasteiger partial charge in [0.05, 0.1) is 6.42 Å². The van der Waals surface area contributed by atoms with Gasteiger partial charge in [-0.3, -0.25) is 4.79 Å². The van der Waals surface area contributed by atoms with Crippen LogP contribution in [0.3, 0.4) is 0 Å². The van der Waals surface area contributed by atoms with E-state index in [1.807, 2.05) is 55.6 Å². The van der Waals surface area contributed by atoms with Crippen LogP contribution in [0.25, 0.3) is 10.9 Å². The van der Waals surface area contributed by atoms with Crippen molar-refractivity contribution in [1.29, 1.82) is 0 Å². The van der Waals surface area contributed by atoms with E-state index in [1.54, 1.807) is 0 Å². The molecule has 21 heavy (non-hydrogen) atoms. The smallest absolute Gasteiger partial charge is 0.228 e. The zero-order valence-electron chi connectivity index (χ0n) is 11.6. The number of H-pyrrole nitrogens is 1. The number of nitrogens with one attached hydrogen (secondary N) is 2. The fourth-order valence-corrected chi connectivity index (χ4v) is 2.83. The number of halogens is 1. The summed E-state index contributed by atoms with van der Waals surface area (Å²) in [5, 5.41) is 4.11. The average Bonchev–Trinajstić information content (AvgIpc) is 2.89. The first-order valence-corrected chi connectivity index (χ1v) is 7.53. The van der Waals surface area contributed by atoms with Crippen LogP contribution >= 0.6 is 15.9 Å². The van der Waals surface area contributed by atoms with E-state index in [0.717, 1.165) is 32.2 Å². The molecule has 2 aromatic carbocycles. The van der Waals surface area contributed by atoms with E-state index in [2.05, 4.69) is 26.2 Å². The molecule has 2 N–H and O–H groups in total. The van der Waals surface area contributed by atoms with Crippen LogP contribution in [0.2, 0.25) is 0 Å². The van der Waals surface area contributed by atoms with Gasteiger partial charge < -0.3 is 10.3 Å². The van der Waals surface area contributed by atoms with Gasteiger partial charge in [0.2, 0.25) is 5.91 Å². The molecule has 3 nitrogen and oxygen atoms in total. The lowest BCUT2D eigenvalue weighted by molar-refractivity contribution is -0.115. The van der Waals surface area contributed by atoms with E-state index in [9.17, 15) is 4.79 Å². The summed E-state index contributed by atoms with van der Waals surface area (Å²) in [5.41, 5.74) is 3.94. The number of carbonyl (C=O) groups is 1. The number of aromatic nitrogens is 1. The maximum Gasteiger partial charge on any atom is 0.228 e. The molecule has 0 aliphatic heterocycles. The standard InChI is InChI=1S/C17H15BrN2O/c1-11-8-14(18)4-5-15(11)20-17(21)10-12-2-3-13-6-7-19-16(13)9-12/h2-9,19H,10H2,1H3,(H,20,21). The van der Waals surface area contributed by atoms with Crippen molar-refractivity contribution in [3.8, 4) is 0 Å². The Hall–Kier alpha value is -2.07. The summed E-state index contributed by atoms with van der Waals surface area (Å²) in [6, 6.07) is 13.9. The van der Waals surface area contributed by atoms with Gasteiger partial charge in [0.25, 0.3) is 0 Å². The maximum absolute atomic E-state index is 12.2. The molecule has 3 aromatic rings. The monoisotopic (exact) mass is 342 g/mol. The summed E-state index contributed by atoms with van der Waals surface area (Å²) in [4.78, 5) is 15.3. The highest BCUT2D eigenvalue weighted by Crippen LogP contribution is 2.20. The molecule has 0 bridgehead atoms. The molecule has 0 spiro atoms. The molecule has 106 valence electrons. The third kappa shape index (κ3) is 3.16. The van der Waals surface area contributed by atoms with Crippen LogP contribution < -0.4 is 5.32 Å². The lowest BCUT2D eigenvalue weighted by atomic mass is 10.1. The molecule has 1 aromatic heterocycles. The molecule has 1 amide bonds. The number of rotatable bonds is 3. The van der Waals surface area contributed by atoms with Crippen LogP contribution in [0.15, 0.2) is 53.1 Å². The number of aromatic amines is 1. The van der Waals surface area contributed by atoms with Gasteiger partial charge in [-0.05, 0) is 53.8 Å². The lowest BCUT2D eigenvalue weighted by Gasteiger charge is -2.09. The fraction of sp³-hybridized carbons (Fsp3) is 0.118. The van der Waals surface area contributed by atoms with E-state index in [0.29, 0.717) is 6.42 Å². The van der Waals surface area contributed by atoms with Crippen molar-refractivity contribution >= 4 is 38.4 Å². The normalized spacial score (nSPS) is 10.8. The fourth-order valence-electron chi connectivity index (χ4n) is 2.35. The van der Waals surface area contributed by atoms with E-state index in [1.165, 1.54) is 0 Å². The molecular weight excluding hydrogens is 328 g/mol. The van der Waals surface area contributed by atoms with Crippen molar-refractivity contribution < 1.29 is 4.79 Å². The molecular formula is C17H15BrN2O. The number of hydrogen-bond acceptors (Lipinski definition) is 1. The van der Waals surface area contributed by atoms with Crippen molar-refractivity contribution in [2.45, 2.75) is 13.3 Å². The molecule has 1 heterocycles. The summed E-state index contributed by atoms with van der Waals surface area (Å²) < 4.78 is 1.01. The number of anilines is 1. The lowest BCUT2D eigenvalue weighted by Crippen LogP contribution is -2.15. The first kappa shape index (κ1) is 13.9. The third-order valence-electron chi connectivity index (χ3n) is 3.45. The van der Waals surface area contributed by atoms with E-state index in [-0.39, 0.29) is 5.91 Å². The molecule has 0 aliphatic rings. The quantitative estimate of drug-likeness (QED) is 0.726. The molecule has 0 fully saturated rings. The van der Waals surface area contributed by atoms with Crippen molar-refractivity contribution in [2.24, 2.45) is 0 Å². The van der Waals surface area contributed by atoms with Crippen LogP contribution in [0, 0.1) is 6.92 Å². The van der Waals surface area contributed by atoms with Crippen molar-refractivity contribution in [1.82, 2.24) is 4.98 Å². The first-order valence-electron chi connectivity index (χ1n) is 6.74. The Balaban J connectivity index is 1.73. The molecule has 4 heteroatoms. The molecule has 0 aliphatic carbocycles. The molecule has 0 radical (unpaired) electrons. The van der Waals surface area contributed by atoms with Crippen molar-refractivity contribution in [3.63, 3.8) is 0 Å². The van der Waals surface area contributed by atoms with E-state index < -0.39 is 0 Å². The van der Waals surface area contributed by atoms with Crippen LogP contribution in [0.4, 0.5) is 5.69 Å². The molecule has 0 saturated carbocycles. The van der Waals surface area contributed by atoms with Gasteiger partial charge in [-0.25, -0.2) is 0 Å². The second-order valence-electron chi connectivity index (χ2n) is 5.08. The minimum Gasteiger partial charge on any atom is -0.361 e.